The highest BCUT2D eigenvalue weighted by atomic mass is 15.0. The number of benzene rings is 11. The topological polar surface area (TPSA) is 38.7 Å². The first kappa shape index (κ1) is 35.7. The summed E-state index contributed by atoms with van der Waals surface area (Å²) in [6.07, 6.45) is 0. The highest BCUT2D eigenvalue weighted by Gasteiger charge is 2.19. The van der Waals surface area contributed by atoms with E-state index in [1.165, 1.54) is 65.5 Å². The Bertz CT molecular complexity index is 3620. The van der Waals surface area contributed by atoms with Crippen molar-refractivity contribution in [1.29, 1.82) is 0 Å². The lowest BCUT2D eigenvalue weighted by molar-refractivity contribution is 1.08. The lowest BCUT2D eigenvalue weighted by atomic mass is 9.85. The molecule has 0 fully saturated rings. The molecule has 0 spiro atoms. The summed E-state index contributed by atoms with van der Waals surface area (Å²) >= 11 is 0. The second kappa shape index (κ2) is 14.8. The SMILES string of the molecule is c1ccc2cc(-c3ccc(-c4c5ccccc5c(-c5ccc(-c6nc(-c7ccc8ccccc8c7)nc(-c7cccc8ccccc78)n6)cc5)c5ccccc45)cc3)ccc2c1. The van der Waals surface area contributed by atoms with Crippen molar-refractivity contribution in [2.24, 2.45) is 0 Å². The van der Waals surface area contributed by atoms with Crippen LogP contribution in [0.15, 0.2) is 224 Å². The molecule has 1 heterocycles. The Morgan fingerprint density at radius 1 is 0.210 bits per heavy atom. The van der Waals surface area contributed by atoms with E-state index in [0.717, 1.165) is 38.4 Å². The molecule has 0 aliphatic rings. The molecule has 0 aliphatic heterocycles. The zero-order chi connectivity index (χ0) is 41.0. The van der Waals surface area contributed by atoms with Crippen LogP contribution in [0.25, 0.3) is 121 Å². The summed E-state index contributed by atoms with van der Waals surface area (Å²) in [7, 11) is 0. The van der Waals surface area contributed by atoms with Crippen LogP contribution in [-0.4, -0.2) is 15.0 Å². The highest BCUT2D eigenvalue weighted by Crippen LogP contribution is 2.44. The van der Waals surface area contributed by atoms with Gasteiger partial charge in [0.2, 0.25) is 0 Å². The van der Waals surface area contributed by atoms with Gasteiger partial charge in [-0.1, -0.05) is 212 Å². The fourth-order valence-electron chi connectivity index (χ4n) is 9.24. The van der Waals surface area contributed by atoms with E-state index in [4.69, 9.17) is 15.0 Å². The second-order valence-corrected chi connectivity index (χ2v) is 16.0. The molecule has 0 amide bonds. The molecule has 0 bridgehead atoms. The van der Waals surface area contributed by atoms with Crippen LogP contribution in [0.4, 0.5) is 0 Å². The van der Waals surface area contributed by atoms with E-state index in [1.54, 1.807) is 0 Å². The summed E-state index contributed by atoms with van der Waals surface area (Å²) in [6.45, 7) is 0. The Morgan fingerprint density at radius 2 is 0.581 bits per heavy atom. The van der Waals surface area contributed by atoms with Crippen LogP contribution in [0.1, 0.15) is 0 Å². The lowest BCUT2D eigenvalue weighted by Crippen LogP contribution is -2.00. The van der Waals surface area contributed by atoms with E-state index in [0.29, 0.717) is 17.5 Å². The Kier molecular flexibility index (Phi) is 8.50. The van der Waals surface area contributed by atoms with Gasteiger partial charge >= 0.3 is 0 Å². The molecule has 62 heavy (non-hydrogen) atoms. The maximum Gasteiger partial charge on any atom is 0.164 e. The molecular formula is C59H37N3. The summed E-state index contributed by atoms with van der Waals surface area (Å²) in [6, 6.07) is 80.3. The van der Waals surface area contributed by atoms with Gasteiger partial charge in [-0.05, 0) is 99.4 Å². The number of nitrogens with zero attached hydrogens (tertiary/aromatic N) is 3. The van der Waals surface area contributed by atoms with E-state index in [-0.39, 0.29) is 0 Å². The van der Waals surface area contributed by atoms with Gasteiger partial charge in [-0.25, -0.2) is 15.0 Å². The van der Waals surface area contributed by atoms with Crippen LogP contribution in [0, 0.1) is 0 Å². The minimum atomic E-state index is 0.634. The molecule has 0 N–H and O–H groups in total. The normalized spacial score (nSPS) is 11.5. The van der Waals surface area contributed by atoms with Gasteiger partial charge in [-0.2, -0.15) is 0 Å². The van der Waals surface area contributed by atoms with Gasteiger partial charge in [0.05, 0.1) is 0 Å². The van der Waals surface area contributed by atoms with Crippen LogP contribution in [-0.2, 0) is 0 Å². The van der Waals surface area contributed by atoms with Gasteiger partial charge in [0.25, 0.3) is 0 Å². The van der Waals surface area contributed by atoms with Crippen molar-refractivity contribution < 1.29 is 0 Å². The number of hydrogen-bond acceptors (Lipinski definition) is 3. The molecule has 1 aromatic heterocycles. The molecular weight excluding hydrogens is 751 g/mol. The zero-order valence-corrected chi connectivity index (χ0v) is 33.7. The van der Waals surface area contributed by atoms with Gasteiger partial charge in [-0.15, -0.1) is 0 Å². The standard InChI is InChI=1S/C59H37N3/c1-3-15-45-36-47(34-26-38(45)12-1)40-24-28-42(29-25-40)55-50-19-7-9-21-52(50)56(53-22-10-8-20-51(53)55)43-30-32-44(33-31-43)57-60-58(48-35-27-39-13-2-4-16-46(39)37-48)62-59(61-57)54-23-11-17-41-14-5-6-18-49(41)54/h1-37H. The summed E-state index contributed by atoms with van der Waals surface area (Å²) in [5.41, 5.74) is 10.1. The van der Waals surface area contributed by atoms with Crippen molar-refractivity contribution in [3.8, 4) is 67.5 Å². The third kappa shape index (κ3) is 6.18. The van der Waals surface area contributed by atoms with Crippen molar-refractivity contribution in [2.45, 2.75) is 0 Å². The molecule has 3 nitrogen and oxygen atoms in total. The quantitative estimate of drug-likeness (QED) is 0.158. The van der Waals surface area contributed by atoms with Gasteiger partial charge in [0.15, 0.2) is 17.5 Å². The summed E-state index contributed by atoms with van der Waals surface area (Å²) in [5, 5.41) is 11.9. The van der Waals surface area contributed by atoms with Crippen molar-refractivity contribution >= 4 is 53.9 Å². The number of fused-ring (bicyclic) bond motifs is 5. The molecule has 288 valence electrons. The van der Waals surface area contributed by atoms with Crippen LogP contribution >= 0.6 is 0 Å². The Morgan fingerprint density at radius 3 is 1.15 bits per heavy atom. The minimum absolute atomic E-state index is 0.634. The molecule has 0 saturated heterocycles. The predicted molar refractivity (Wildman–Crippen MR) is 260 cm³/mol. The molecule has 0 unspecified atom stereocenters. The van der Waals surface area contributed by atoms with Gasteiger partial charge in [0, 0.05) is 16.7 Å². The monoisotopic (exact) mass is 787 g/mol. The minimum Gasteiger partial charge on any atom is -0.208 e. The first-order chi connectivity index (χ1) is 30.7. The molecule has 12 aromatic rings. The molecule has 3 heteroatoms. The van der Waals surface area contributed by atoms with E-state index < -0.39 is 0 Å². The third-order valence-electron chi connectivity index (χ3n) is 12.3. The number of hydrogen-bond donors (Lipinski definition) is 0. The van der Waals surface area contributed by atoms with Crippen LogP contribution in [0.5, 0.6) is 0 Å². The van der Waals surface area contributed by atoms with Crippen molar-refractivity contribution in [2.75, 3.05) is 0 Å². The zero-order valence-electron chi connectivity index (χ0n) is 33.7. The Balaban J connectivity index is 0.973. The van der Waals surface area contributed by atoms with Crippen molar-refractivity contribution in [1.82, 2.24) is 15.0 Å². The molecule has 11 aromatic carbocycles. The fourth-order valence-corrected chi connectivity index (χ4v) is 9.24. The summed E-state index contributed by atoms with van der Waals surface area (Å²) in [4.78, 5) is 15.5. The third-order valence-corrected chi connectivity index (χ3v) is 12.3. The summed E-state index contributed by atoms with van der Waals surface area (Å²) in [5.74, 6) is 1.93. The summed E-state index contributed by atoms with van der Waals surface area (Å²) < 4.78 is 0. The highest BCUT2D eigenvalue weighted by molar-refractivity contribution is 6.21. The molecule has 0 atom stereocenters. The van der Waals surface area contributed by atoms with Crippen LogP contribution in [0.3, 0.4) is 0 Å². The second-order valence-electron chi connectivity index (χ2n) is 16.0. The maximum atomic E-state index is 5.18. The molecule has 0 radical (unpaired) electrons. The fraction of sp³-hybridized carbons (Fsp3) is 0. The van der Waals surface area contributed by atoms with Crippen LogP contribution < -0.4 is 0 Å². The van der Waals surface area contributed by atoms with E-state index >= 15 is 0 Å². The Labute approximate surface area is 359 Å². The number of rotatable bonds is 6. The largest absolute Gasteiger partial charge is 0.208 e. The van der Waals surface area contributed by atoms with Crippen LogP contribution in [0.2, 0.25) is 0 Å². The predicted octanol–water partition coefficient (Wildman–Crippen LogP) is 15.6. The van der Waals surface area contributed by atoms with Gasteiger partial charge in [-0.3, -0.25) is 0 Å². The molecule has 0 saturated carbocycles. The van der Waals surface area contributed by atoms with Gasteiger partial charge in [0.1, 0.15) is 0 Å². The van der Waals surface area contributed by atoms with E-state index in [1.807, 2.05) is 0 Å². The number of aromatic nitrogens is 3. The van der Waals surface area contributed by atoms with Gasteiger partial charge < -0.3 is 0 Å². The first-order valence-electron chi connectivity index (χ1n) is 21.1. The average Bonchev–Trinajstić information content (AvgIpc) is 3.35. The van der Waals surface area contributed by atoms with E-state index in [9.17, 15) is 0 Å². The first-order valence-corrected chi connectivity index (χ1v) is 21.1. The molecule has 0 aliphatic carbocycles. The van der Waals surface area contributed by atoms with E-state index in [2.05, 4.69) is 224 Å². The Hall–Kier alpha value is -8.27. The smallest absolute Gasteiger partial charge is 0.164 e. The van der Waals surface area contributed by atoms with Crippen molar-refractivity contribution in [3.05, 3.63) is 224 Å². The average molecular weight is 788 g/mol. The lowest BCUT2D eigenvalue weighted by Gasteiger charge is -2.18. The van der Waals surface area contributed by atoms with Crippen molar-refractivity contribution in [3.63, 3.8) is 0 Å². The maximum absolute atomic E-state index is 5.18. The molecule has 12 rings (SSSR count).